The molecule has 102 valence electrons. The number of nitrogens with zero attached hydrogens (tertiary/aromatic N) is 3. The van der Waals surface area contributed by atoms with Crippen molar-refractivity contribution in [3.05, 3.63) is 39.4 Å². The van der Waals surface area contributed by atoms with Crippen LogP contribution in [0.1, 0.15) is 47.7 Å². The number of hydrogen-bond donors (Lipinski definition) is 1. The minimum atomic E-state index is 0.292. The minimum Gasteiger partial charge on any atom is -0.310 e. The van der Waals surface area contributed by atoms with Gasteiger partial charge < -0.3 is 5.32 Å². The Morgan fingerprint density at radius 1 is 1.32 bits per heavy atom. The summed E-state index contributed by atoms with van der Waals surface area (Å²) in [6, 6.07) is 0.292. The molecule has 0 amide bonds. The first-order valence-corrected chi connectivity index (χ1v) is 7.45. The zero-order valence-electron chi connectivity index (χ0n) is 11.9. The van der Waals surface area contributed by atoms with Crippen LogP contribution >= 0.6 is 11.3 Å². The third-order valence-electron chi connectivity index (χ3n) is 3.05. The number of hydrogen-bond acceptors (Lipinski definition) is 5. The summed E-state index contributed by atoms with van der Waals surface area (Å²) in [5.74, 6) is 0.843. The van der Waals surface area contributed by atoms with Crippen molar-refractivity contribution in [1.82, 2.24) is 20.3 Å². The van der Waals surface area contributed by atoms with Crippen LogP contribution in [0.15, 0.2) is 11.6 Å². The topological polar surface area (TPSA) is 50.7 Å². The van der Waals surface area contributed by atoms with Gasteiger partial charge in [-0.25, -0.2) is 15.0 Å². The van der Waals surface area contributed by atoms with Crippen molar-refractivity contribution in [1.29, 1.82) is 0 Å². The molecular weight excluding hydrogens is 256 g/mol. The molecule has 0 spiro atoms. The molecule has 2 aromatic heterocycles. The molecule has 2 rings (SSSR count). The van der Waals surface area contributed by atoms with Crippen molar-refractivity contribution in [2.45, 2.75) is 40.2 Å². The molecule has 0 aliphatic rings. The van der Waals surface area contributed by atoms with E-state index in [0.29, 0.717) is 12.5 Å². The van der Waals surface area contributed by atoms with E-state index in [1.165, 1.54) is 5.56 Å². The second kappa shape index (κ2) is 6.21. The number of rotatable bonds is 5. The Balaban J connectivity index is 2.14. The van der Waals surface area contributed by atoms with Crippen LogP contribution in [0, 0.1) is 13.8 Å². The fourth-order valence-corrected chi connectivity index (χ4v) is 2.71. The van der Waals surface area contributed by atoms with Gasteiger partial charge in [-0.15, -0.1) is 11.3 Å². The van der Waals surface area contributed by atoms with Gasteiger partial charge in [-0.05, 0) is 27.3 Å². The van der Waals surface area contributed by atoms with Gasteiger partial charge in [-0.1, -0.05) is 6.92 Å². The predicted octanol–water partition coefficient (Wildman–Crippen LogP) is 2.81. The van der Waals surface area contributed by atoms with Gasteiger partial charge in [0.05, 0.1) is 17.1 Å². The van der Waals surface area contributed by atoms with Gasteiger partial charge in [0.1, 0.15) is 5.82 Å². The monoisotopic (exact) mass is 276 g/mol. The quantitative estimate of drug-likeness (QED) is 0.912. The molecule has 0 aliphatic carbocycles. The van der Waals surface area contributed by atoms with Crippen LogP contribution in [0.25, 0.3) is 0 Å². The molecule has 2 aromatic rings. The van der Waals surface area contributed by atoms with Crippen LogP contribution in [0.2, 0.25) is 0 Å². The largest absolute Gasteiger partial charge is 0.310 e. The van der Waals surface area contributed by atoms with E-state index in [0.717, 1.165) is 28.8 Å². The molecule has 5 heteroatoms. The molecule has 0 saturated heterocycles. The number of aromatic nitrogens is 3. The summed E-state index contributed by atoms with van der Waals surface area (Å²) in [6.45, 7) is 9.24. The molecule has 0 saturated carbocycles. The summed E-state index contributed by atoms with van der Waals surface area (Å²) in [7, 11) is 0. The lowest BCUT2D eigenvalue weighted by molar-refractivity contribution is 0.588. The van der Waals surface area contributed by atoms with E-state index in [1.807, 2.05) is 20.0 Å². The van der Waals surface area contributed by atoms with Crippen molar-refractivity contribution in [3.63, 3.8) is 0 Å². The fraction of sp³-hybridized carbons (Fsp3) is 0.500. The first-order chi connectivity index (χ1) is 9.10. The highest BCUT2D eigenvalue weighted by molar-refractivity contribution is 7.09. The average molecular weight is 276 g/mol. The lowest BCUT2D eigenvalue weighted by Crippen LogP contribution is -2.19. The molecule has 2 heterocycles. The molecular formula is C14H20N4S. The van der Waals surface area contributed by atoms with Gasteiger partial charge in [-0.3, -0.25) is 0 Å². The van der Waals surface area contributed by atoms with Crippen molar-refractivity contribution in [2.24, 2.45) is 0 Å². The van der Waals surface area contributed by atoms with Gasteiger partial charge in [0, 0.05) is 28.9 Å². The smallest absolute Gasteiger partial charge is 0.134 e. The molecule has 0 aliphatic heterocycles. The Kier molecular flexibility index (Phi) is 4.61. The van der Waals surface area contributed by atoms with Crippen molar-refractivity contribution >= 4 is 11.3 Å². The maximum absolute atomic E-state index is 4.59. The van der Waals surface area contributed by atoms with Crippen molar-refractivity contribution in [2.75, 3.05) is 6.54 Å². The third kappa shape index (κ3) is 3.58. The molecule has 1 unspecified atom stereocenters. The van der Waals surface area contributed by atoms with E-state index < -0.39 is 0 Å². The van der Waals surface area contributed by atoms with Crippen molar-refractivity contribution < 1.29 is 0 Å². The lowest BCUT2D eigenvalue weighted by atomic mass is 10.1. The maximum atomic E-state index is 4.59. The first-order valence-electron chi connectivity index (χ1n) is 6.57. The van der Waals surface area contributed by atoms with Gasteiger partial charge >= 0.3 is 0 Å². The van der Waals surface area contributed by atoms with E-state index in [-0.39, 0.29) is 0 Å². The Morgan fingerprint density at radius 2 is 2.11 bits per heavy atom. The number of nitrogens with one attached hydrogen (secondary N) is 1. The van der Waals surface area contributed by atoms with E-state index in [1.54, 1.807) is 11.3 Å². The first kappa shape index (κ1) is 14.1. The minimum absolute atomic E-state index is 0.292. The van der Waals surface area contributed by atoms with Gasteiger partial charge in [0.15, 0.2) is 0 Å². The van der Waals surface area contributed by atoms with Crippen LogP contribution in [-0.4, -0.2) is 21.5 Å². The van der Waals surface area contributed by atoms with E-state index >= 15 is 0 Å². The summed E-state index contributed by atoms with van der Waals surface area (Å²) in [5, 5.41) is 6.54. The Labute approximate surface area is 118 Å². The van der Waals surface area contributed by atoms with Gasteiger partial charge in [-0.2, -0.15) is 0 Å². The Morgan fingerprint density at radius 3 is 2.68 bits per heavy atom. The Bertz CT molecular complexity index is 550. The van der Waals surface area contributed by atoms with Crippen molar-refractivity contribution in [3.8, 4) is 0 Å². The van der Waals surface area contributed by atoms with Crippen LogP contribution in [0.5, 0.6) is 0 Å². The molecule has 0 radical (unpaired) electrons. The summed E-state index contributed by atoms with van der Waals surface area (Å²) < 4.78 is 0. The lowest BCUT2D eigenvalue weighted by Gasteiger charge is -2.14. The van der Waals surface area contributed by atoms with Gasteiger partial charge in [0.2, 0.25) is 0 Å². The summed E-state index contributed by atoms with van der Waals surface area (Å²) >= 11 is 1.67. The fourth-order valence-electron chi connectivity index (χ4n) is 2.10. The molecule has 4 nitrogen and oxygen atoms in total. The molecule has 0 fully saturated rings. The molecule has 0 bridgehead atoms. The maximum Gasteiger partial charge on any atom is 0.134 e. The summed E-state index contributed by atoms with van der Waals surface area (Å²) in [4.78, 5) is 13.5. The van der Waals surface area contributed by atoms with Crippen LogP contribution in [0.3, 0.4) is 0 Å². The molecule has 1 N–H and O–H groups in total. The predicted molar refractivity (Wildman–Crippen MR) is 78.5 cm³/mol. The summed E-state index contributed by atoms with van der Waals surface area (Å²) in [5.41, 5.74) is 3.26. The molecule has 19 heavy (non-hydrogen) atoms. The highest BCUT2D eigenvalue weighted by Gasteiger charge is 2.10. The average Bonchev–Trinajstić information content (AvgIpc) is 2.75. The van der Waals surface area contributed by atoms with Crippen LogP contribution < -0.4 is 5.32 Å². The number of aryl methyl sites for hydroxylation is 2. The second-order valence-corrected chi connectivity index (χ2v) is 5.70. The van der Waals surface area contributed by atoms with E-state index in [2.05, 4.69) is 39.5 Å². The third-order valence-corrected chi connectivity index (χ3v) is 3.87. The standard InChI is InChI=1S/C14H20N4S/c1-5-15-9(2)13-7-16-14(17-10(13)3)6-12-8-19-11(4)18-12/h7-9,15H,5-6H2,1-4H3. The second-order valence-electron chi connectivity index (χ2n) is 4.64. The zero-order valence-corrected chi connectivity index (χ0v) is 12.7. The highest BCUT2D eigenvalue weighted by atomic mass is 32.1. The van der Waals surface area contributed by atoms with E-state index in [4.69, 9.17) is 0 Å². The van der Waals surface area contributed by atoms with Crippen LogP contribution in [-0.2, 0) is 6.42 Å². The van der Waals surface area contributed by atoms with Gasteiger partial charge in [0.25, 0.3) is 0 Å². The normalized spacial score (nSPS) is 12.6. The Hall–Kier alpha value is -1.33. The molecule has 1 atom stereocenters. The SMILES string of the molecule is CCNC(C)c1cnc(Cc2csc(C)n2)nc1C. The van der Waals surface area contributed by atoms with Crippen LogP contribution in [0.4, 0.5) is 0 Å². The number of thiazole rings is 1. The molecule has 0 aromatic carbocycles. The zero-order chi connectivity index (χ0) is 13.8. The highest BCUT2D eigenvalue weighted by Crippen LogP contribution is 2.16. The summed E-state index contributed by atoms with van der Waals surface area (Å²) in [6.07, 6.45) is 2.64. The van der Waals surface area contributed by atoms with E-state index in [9.17, 15) is 0 Å².